The number of rotatable bonds is 0. The summed E-state index contributed by atoms with van der Waals surface area (Å²) in [5, 5.41) is 0. The average molecular weight is 647 g/mol. The molecule has 0 atom stereocenters. The molecule has 0 aliphatic carbocycles. The van der Waals surface area contributed by atoms with E-state index in [0.29, 0.717) is 0 Å². The van der Waals surface area contributed by atoms with Gasteiger partial charge in [-0.25, -0.2) is 0 Å². The molecule has 0 spiro atoms. The Morgan fingerprint density at radius 1 is 0.500 bits per heavy atom. The van der Waals surface area contributed by atoms with Gasteiger partial charge in [0.25, 0.3) is 0 Å². The molecular weight excluding hydrogens is 647 g/mol. The van der Waals surface area contributed by atoms with E-state index in [1.54, 1.807) is 0 Å². The van der Waals surface area contributed by atoms with Gasteiger partial charge in [-0.1, -0.05) is 0 Å². The van der Waals surface area contributed by atoms with Crippen LogP contribution in [0.25, 0.3) is 0 Å². The second-order valence-corrected chi connectivity index (χ2v) is 0. The normalized spacial score (nSPS) is 0. The van der Waals surface area contributed by atoms with Gasteiger partial charge in [-0.05, 0) is 0 Å². The molecular formula is Cl3I3InSc. The number of halogens is 6. The minimum atomic E-state index is 0. The van der Waals surface area contributed by atoms with Crippen LogP contribution < -0.4 is 109 Å². The molecule has 0 aromatic heterocycles. The van der Waals surface area contributed by atoms with Crippen molar-refractivity contribution in [3.8, 4) is 0 Å². The molecule has 48 valence electrons. The Balaban J connectivity index is 0. The molecule has 0 N–H and O–H groups in total. The molecule has 0 fully saturated rings. The van der Waals surface area contributed by atoms with E-state index < -0.39 is 0 Å². The number of hydrogen-bond donors (Lipinski definition) is 0. The summed E-state index contributed by atoms with van der Waals surface area (Å²) in [6, 6.07) is 0. The van der Waals surface area contributed by atoms with E-state index in [2.05, 4.69) is 0 Å². The van der Waals surface area contributed by atoms with Crippen LogP contribution in [0, 0.1) is 0 Å². The van der Waals surface area contributed by atoms with Gasteiger partial charge in [-0.3, -0.25) is 0 Å². The van der Waals surface area contributed by atoms with E-state index in [1.807, 2.05) is 0 Å². The molecule has 0 bridgehead atoms. The molecule has 0 aromatic carbocycles. The molecule has 0 saturated heterocycles. The quantitative estimate of drug-likeness (QED) is 0.230. The van der Waals surface area contributed by atoms with E-state index in [1.165, 1.54) is 0 Å². The van der Waals surface area contributed by atoms with Gasteiger partial charge in [0, 0.05) is 0 Å². The molecule has 0 unspecified atom stereocenters. The minimum Gasteiger partial charge on any atom is -1.00 e. The summed E-state index contributed by atoms with van der Waals surface area (Å²) in [5.41, 5.74) is 0. The van der Waals surface area contributed by atoms with Crippen molar-refractivity contribution in [3.05, 3.63) is 0 Å². The van der Waals surface area contributed by atoms with Crippen LogP contribution in [0.3, 0.4) is 0 Å². The second kappa shape index (κ2) is 59.7. The van der Waals surface area contributed by atoms with E-state index in [0.717, 1.165) is 0 Å². The van der Waals surface area contributed by atoms with E-state index in [-0.39, 0.29) is 161 Å². The van der Waals surface area contributed by atoms with Crippen molar-refractivity contribution in [2.45, 2.75) is 0 Å². The SMILES string of the molecule is [Cl-].[Cl-].[Cl-].[I-].[I-].[I-].[In+3].[Sc+3]. The van der Waals surface area contributed by atoms with Crippen LogP contribution >= 0.6 is 0 Å². The van der Waals surface area contributed by atoms with Crippen molar-refractivity contribution in [1.29, 1.82) is 0 Å². The first-order valence-corrected chi connectivity index (χ1v) is 0. The Hall–Kier alpha value is 4.80. The summed E-state index contributed by atoms with van der Waals surface area (Å²) >= 11 is 0. The van der Waals surface area contributed by atoms with Crippen molar-refractivity contribution in [2.24, 2.45) is 0 Å². The Bertz CT molecular complexity index is 14.5. The third-order valence-electron chi connectivity index (χ3n) is 0. The zero-order chi connectivity index (χ0) is 0. The average Bonchev–Trinajstić information content (AvgIpc) is 0. The smallest absolute Gasteiger partial charge is 1.00 e. The first-order valence-electron chi connectivity index (χ1n) is 0. The Labute approximate surface area is 157 Å². The second-order valence-electron chi connectivity index (χ2n) is 0. The maximum Gasteiger partial charge on any atom is 3.00 e. The maximum absolute atomic E-state index is 0. The summed E-state index contributed by atoms with van der Waals surface area (Å²) in [4.78, 5) is 0. The molecule has 0 saturated carbocycles. The molecule has 0 amide bonds. The topological polar surface area (TPSA) is 0 Å². The Kier molecular flexibility index (Phi) is 578. The van der Waals surface area contributed by atoms with Gasteiger partial charge in [-0.2, -0.15) is 0 Å². The van der Waals surface area contributed by atoms with Crippen LogP contribution in [0.4, 0.5) is 0 Å². The van der Waals surface area contributed by atoms with Crippen LogP contribution in [0.15, 0.2) is 0 Å². The predicted molar refractivity (Wildman–Crippen MR) is 5.75 cm³/mol. The van der Waals surface area contributed by atoms with Gasteiger partial charge in [0.2, 0.25) is 0 Å². The van der Waals surface area contributed by atoms with Crippen molar-refractivity contribution in [3.63, 3.8) is 0 Å². The van der Waals surface area contributed by atoms with E-state index in [4.69, 9.17) is 0 Å². The molecule has 0 rings (SSSR count). The predicted octanol–water partition coefficient (Wildman–Crippen LogP) is -18.4. The third kappa shape index (κ3) is 45.0. The summed E-state index contributed by atoms with van der Waals surface area (Å²) in [6.45, 7) is 0. The fourth-order valence-electron chi connectivity index (χ4n) is 0. The third-order valence-corrected chi connectivity index (χ3v) is 0. The molecule has 8 heavy (non-hydrogen) atoms. The standard InChI is InChI=1S/3ClH.3HI.In.Sc/h6*1H;;/q;;;;;;2*+3/p-6. The zero-order valence-electron chi connectivity index (χ0n) is 3.42. The fourth-order valence-corrected chi connectivity index (χ4v) is 0. The van der Waals surface area contributed by atoms with Crippen LogP contribution in [0.1, 0.15) is 0 Å². The van der Waals surface area contributed by atoms with Gasteiger partial charge in [-0.15, -0.1) is 0 Å². The zero-order valence-corrected chi connectivity index (χ0v) is 17.3. The van der Waals surface area contributed by atoms with Crippen LogP contribution in [0.2, 0.25) is 0 Å². The molecule has 0 radical (unpaired) electrons. The molecule has 0 aliphatic rings. The van der Waals surface area contributed by atoms with Gasteiger partial charge in [0.15, 0.2) is 0 Å². The summed E-state index contributed by atoms with van der Waals surface area (Å²) in [7, 11) is 0. The van der Waals surface area contributed by atoms with Crippen molar-refractivity contribution >= 4 is 25.8 Å². The van der Waals surface area contributed by atoms with Gasteiger partial charge >= 0.3 is 51.7 Å². The van der Waals surface area contributed by atoms with E-state index >= 15 is 0 Å². The summed E-state index contributed by atoms with van der Waals surface area (Å²) in [5.74, 6) is 0. The van der Waals surface area contributed by atoms with Crippen molar-refractivity contribution in [2.75, 3.05) is 0 Å². The Morgan fingerprint density at radius 3 is 0.500 bits per heavy atom. The van der Waals surface area contributed by atoms with Crippen LogP contribution in [0.5, 0.6) is 0 Å². The monoisotopic (exact) mass is 645 g/mol. The summed E-state index contributed by atoms with van der Waals surface area (Å²) in [6.07, 6.45) is 0. The van der Waals surface area contributed by atoms with Crippen LogP contribution in [-0.2, 0) is 25.8 Å². The van der Waals surface area contributed by atoms with E-state index in [9.17, 15) is 0 Å². The first kappa shape index (κ1) is 77.4. The molecule has 0 heterocycles. The molecule has 0 aliphatic heterocycles. The van der Waals surface area contributed by atoms with Gasteiger partial charge in [0.05, 0.1) is 0 Å². The van der Waals surface area contributed by atoms with Crippen molar-refractivity contribution < 1.29 is 135 Å². The molecule has 0 nitrogen and oxygen atoms in total. The largest absolute Gasteiger partial charge is 3.00 e. The molecule has 0 aromatic rings. The fraction of sp³-hybridized carbons (Fsp3) is 0. The first-order chi connectivity index (χ1) is 0. The number of hydrogen-bond acceptors (Lipinski definition) is 0. The van der Waals surface area contributed by atoms with Crippen molar-refractivity contribution in [1.82, 2.24) is 0 Å². The maximum atomic E-state index is 0. The van der Waals surface area contributed by atoms with Crippen LogP contribution in [-0.4, -0.2) is 25.8 Å². The summed E-state index contributed by atoms with van der Waals surface area (Å²) < 4.78 is 0. The Morgan fingerprint density at radius 2 is 0.500 bits per heavy atom. The minimum absolute atomic E-state index is 0. The van der Waals surface area contributed by atoms with Gasteiger partial charge in [0.1, 0.15) is 0 Å². The van der Waals surface area contributed by atoms with Gasteiger partial charge < -0.3 is 109 Å². The molecule has 8 heteroatoms.